The van der Waals surface area contributed by atoms with Crippen molar-refractivity contribution in [1.29, 1.82) is 0 Å². The highest BCUT2D eigenvalue weighted by atomic mass is 16.8. The summed E-state index contributed by atoms with van der Waals surface area (Å²) in [5, 5.41) is 12.6. The van der Waals surface area contributed by atoms with Gasteiger partial charge in [-0.1, -0.05) is 47.5 Å². The molecule has 256 valence electrons. The van der Waals surface area contributed by atoms with E-state index >= 15 is 0 Å². The third-order valence-corrected chi connectivity index (χ3v) is 13.3. The molecule has 0 spiro atoms. The normalized spacial score (nSPS) is 37.7. The second-order valence-electron chi connectivity index (χ2n) is 15.9. The van der Waals surface area contributed by atoms with Crippen molar-refractivity contribution >= 4 is 23.9 Å². The monoisotopic (exact) mass is 634 g/mol. The van der Waals surface area contributed by atoms with Crippen molar-refractivity contribution in [3.05, 3.63) is 0 Å². The summed E-state index contributed by atoms with van der Waals surface area (Å²) in [6.07, 6.45) is 7.31. The quantitative estimate of drug-likeness (QED) is 0.217. The van der Waals surface area contributed by atoms with Gasteiger partial charge in [-0.15, -0.1) is 0 Å². The van der Waals surface area contributed by atoms with E-state index in [1.54, 1.807) is 6.92 Å². The first-order valence-corrected chi connectivity index (χ1v) is 17.3. The third-order valence-electron chi connectivity index (χ3n) is 13.3. The van der Waals surface area contributed by atoms with Crippen molar-refractivity contribution in [2.75, 3.05) is 0 Å². The fourth-order valence-corrected chi connectivity index (χ4v) is 10.8. The number of fused-ring (bicyclic) bond motifs is 5. The Hall–Kier alpha value is -2.16. The van der Waals surface area contributed by atoms with Crippen LogP contribution in [-0.2, 0) is 38.1 Å². The molecule has 9 atom stereocenters. The molecule has 4 saturated carbocycles. The Labute approximate surface area is 269 Å². The largest absolute Gasteiger partial charge is 0.415 e. The molecule has 0 amide bonds. The van der Waals surface area contributed by atoms with Crippen LogP contribution in [0.15, 0.2) is 0 Å². The van der Waals surface area contributed by atoms with E-state index in [0.29, 0.717) is 42.4 Å². The van der Waals surface area contributed by atoms with Gasteiger partial charge < -0.3 is 24.1 Å². The SMILES string of the molecule is CC(=O)OC1(OC(C)=O)CC[C@]2(O)CC[C@H]3[C@@H]4CC[C@H]([C@H](C)CCC(C)C(C)C)[C@@]4(C)CC[C@@H]3[C@@]2(C)C1(OC(C)=O)OC(C)=O. The summed E-state index contributed by atoms with van der Waals surface area (Å²) >= 11 is 0. The van der Waals surface area contributed by atoms with Gasteiger partial charge in [-0.3, -0.25) is 19.2 Å². The van der Waals surface area contributed by atoms with Crippen molar-refractivity contribution in [2.24, 2.45) is 52.3 Å². The smallest absolute Gasteiger partial charge is 0.342 e. The van der Waals surface area contributed by atoms with Crippen molar-refractivity contribution < 1.29 is 43.2 Å². The summed E-state index contributed by atoms with van der Waals surface area (Å²) in [6, 6.07) is 0. The van der Waals surface area contributed by atoms with Gasteiger partial charge in [-0.25, -0.2) is 0 Å². The first-order valence-electron chi connectivity index (χ1n) is 17.3. The van der Waals surface area contributed by atoms with Gasteiger partial charge >= 0.3 is 35.5 Å². The summed E-state index contributed by atoms with van der Waals surface area (Å²) in [6.45, 7) is 18.3. The molecule has 9 nitrogen and oxygen atoms in total. The molecule has 0 aromatic carbocycles. The lowest BCUT2D eigenvalue weighted by atomic mass is 9.40. The van der Waals surface area contributed by atoms with Crippen LogP contribution in [0.2, 0.25) is 0 Å². The van der Waals surface area contributed by atoms with E-state index in [-0.39, 0.29) is 30.1 Å². The van der Waals surface area contributed by atoms with Gasteiger partial charge in [0.15, 0.2) is 0 Å². The lowest BCUT2D eigenvalue weighted by molar-refractivity contribution is -0.452. The van der Waals surface area contributed by atoms with E-state index in [2.05, 4.69) is 34.6 Å². The second-order valence-corrected chi connectivity index (χ2v) is 15.9. The van der Waals surface area contributed by atoms with Crippen molar-refractivity contribution in [3.63, 3.8) is 0 Å². The maximum absolute atomic E-state index is 13.0. The number of carbonyl (C=O) groups excluding carboxylic acids is 4. The molecular weight excluding hydrogens is 576 g/mol. The summed E-state index contributed by atoms with van der Waals surface area (Å²) in [4.78, 5) is 51.2. The summed E-state index contributed by atoms with van der Waals surface area (Å²) in [5.74, 6) is -5.14. The summed E-state index contributed by atoms with van der Waals surface area (Å²) < 4.78 is 23.8. The molecule has 0 aliphatic heterocycles. The maximum atomic E-state index is 13.0. The van der Waals surface area contributed by atoms with E-state index in [9.17, 15) is 24.3 Å². The molecule has 4 aliphatic rings. The Balaban J connectivity index is 1.82. The van der Waals surface area contributed by atoms with E-state index in [1.165, 1.54) is 26.7 Å². The van der Waals surface area contributed by atoms with Crippen LogP contribution in [0.25, 0.3) is 0 Å². The van der Waals surface area contributed by atoms with Gasteiger partial charge in [0.1, 0.15) is 0 Å². The Kier molecular flexibility index (Phi) is 9.88. The van der Waals surface area contributed by atoms with E-state index in [0.717, 1.165) is 39.5 Å². The Bertz CT molecular complexity index is 1130. The lowest BCUT2D eigenvalue weighted by Gasteiger charge is -2.69. The van der Waals surface area contributed by atoms with E-state index in [4.69, 9.17) is 18.9 Å². The molecular formula is C36H58O9. The minimum Gasteiger partial charge on any atom is -0.415 e. The molecule has 4 rings (SSSR count). The predicted molar refractivity (Wildman–Crippen MR) is 167 cm³/mol. The van der Waals surface area contributed by atoms with Crippen molar-refractivity contribution in [1.82, 2.24) is 0 Å². The first-order chi connectivity index (χ1) is 20.8. The Morgan fingerprint density at radius 2 is 1.24 bits per heavy atom. The highest BCUT2D eigenvalue weighted by molar-refractivity contribution is 5.72. The first kappa shape index (κ1) is 35.7. The molecule has 4 fully saturated rings. The third kappa shape index (κ3) is 5.71. The van der Waals surface area contributed by atoms with Gasteiger partial charge in [0.25, 0.3) is 0 Å². The molecule has 0 aromatic rings. The van der Waals surface area contributed by atoms with Crippen LogP contribution >= 0.6 is 0 Å². The molecule has 0 bridgehead atoms. The molecule has 0 saturated heterocycles. The number of hydrogen-bond donors (Lipinski definition) is 1. The van der Waals surface area contributed by atoms with Crippen LogP contribution in [0.5, 0.6) is 0 Å². The molecule has 0 heterocycles. The van der Waals surface area contributed by atoms with E-state index < -0.39 is 46.5 Å². The zero-order valence-corrected chi connectivity index (χ0v) is 29.3. The van der Waals surface area contributed by atoms with Crippen LogP contribution in [0.4, 0.5) is 0 Å². The molecule has 1 N–H and O–H groups in total. The fourth-order valence-electron chi connectivity index (χ4n) is 10.8. The number of hydrogen-bond acceptors (Lipinski definition) is 9. The average Bonchev–Trinajstić information content (AvgIpc) is 3.27. The van der Waals surface area contributed by atoms with Crippen molar-refractivity contribution in [3.8, 4) is 0 Å². The van der Waals surface area contributed by atoms with Gasteiger partial charge in [-0.05, 0) is 98.7 Å². The zero-order valence-electron chi connectivity index (χ0n) is 29.3. The van der Waals surface area contributed by atoms with Crippen LogP contribution in [-0.4, -0.2) is 46.2 Å². The number of carbonyl (C=O) groups is 4. The molecule has 9 heteroatoms. The van der Waals surface area contributed by atoms with Gasteiger partial charge in [0.2, 0.25) is 0 Å². The molecule has 1 unspecified atom stereocenters. The number of ether oxygens (including phenoxy) is 4. The standard InChI is InChI=1S/C36H58O9/c1-21(2)22(3)11-12-23(4)29-13-14-30-28-15-18-34(41)19-20-35(42-24(5)37,43-25(6)38)36(44-26(7)39,45-27(8)40)33(34,10)31(28)16-17-32(29,30)9/h21-23,28-31,41H,11-20H2,1-10H3/t22?,23-,28+,29-,30+,31+,32-,33-,34-/m1/s1. The van der Waals surface area contributed by atoms with Gasteiger partial charge in [-0.2, -0.15) is 0 Å². The van der Waals surface area contributed by atoms with Gasteiger partial charge in [0.05, 0.1) is 11.0 Å². The Morgan fingerprint density at radius 3 is 1.76 bits per heavy atom. The topological polar surface area (TPSA) is 125 Å². The summed E-state index contributed by atoms with van der Waals surface area (Å²) in [7, 11) is 0. The zero-order chi connectivity index (χ0) is 33.8. The highest BCUT2D eigenvalue weighted by Gasteiger charge is 2.84. The number of aliphatic hydroxyl groups is 1. The molecule has 4 aliphatic carbocycles. The number of rotatable bonds is 9. The number of esters is 4. The van der Waals surface area contributed by atoms with Crippen molar-refractivity contribution in [2.45, 2.75) is 151 Å². The minimum atomic E-state index is -2.41. The minimum absolute atomic E-state index is 0.104. The highest BCUT2D eigenvalue weighted by Crippen LogP contribution is 2.73. The Morgan fingerprint density at radius 1 is 0.689 bits per heavy atom. The summed E-state index contributed by atoms with van der Waals surface area (Å²) in [5.41, 5.74) is -2.80. The van der Waals surface area contributed by atoms with Crippen LogP contribution in [0.3, 0.4) is 0 Å². The molecule has 0 aromatic heterocycles. The molecule has 0 radical (unpaired) electrons. The molecule has 45 heavy (non-hydrogen) atoms. The average molecular weight is 635 g/mol. The lowest BCUT2D eigenvalue weighted by Crippen LogP contribution is -2.81. The van der Waals surface area contributed by atoms with Gasteiger partial charge in [0, 0.05) is 34.1 Å². The predicted octanol–water partition coefficient (Wildman–Crippen LogP) is 6.72. The van der Waals surface area contributed by atoms with Crippen LogP contribution in [0.1, 0.15) is 133 Å². The maximum Gasteiger partial charge on any atom is 0.342 e. The van der Waals surface area contributed by atoms with Crippen LogP contribution in [0, 0.1) is 52.3 Å². The van der Waals surface area contributed by atoms with E-state index in [1.807, 2.05) is 0 Å². The van der Waals surface area contributed by atoms with Crippen LogP contribution < -0.4 is 0 Å². The fraction of sp³-hybridized carbons (Fsp3) is 0.889. The second kappa shape index (κ2) is 12.5.